The lowest BCUT2D eigenvalue weighted by Crippen LogP contribution is -2.63. The average Bonchev–Trinajstić information content (AvgIpc) is 2.30. The van der Waals surface area contributed by atoms with Crippen molar-refractivity contribution < 1.29 is 22.3 Å². The molecule has 0 aromatic heterocycles. The van der Waals surface area contributed by atoms with Gasteiger partial charge >= 0.3 is 6.18 Å². The van der Waals surface area contributed by atoms with Crippen LogP contribution in [-0.4, -0.2) is 23.9 Å². The van der Waals surface area contributed by atoms with Crippen molar-refractivity contribution in [2.75, 3.05) is 6.61 Å². The van der Waals surface area contributed by atoms with Gasteiger partial charge in [-0.2, -0.15) is 13.2 Å². The number of halogens is 5. The summed E-state index contributed by atoms with van der Waals surface area (Å²) in [6, 6.07) is 3.79. The molecular formula is C12H10BrF4NOS. The molecule has 2 atom stereocenters. The monoisotopic (exact) mass is 371 g/mol. The van der Waals surface area contributed by atoms with E-state index >= 15 is 0 Å². The number of hydrogen-bond acceptors (Lipinski definition) is 2. The number of benzene rings is 1. The minimum atomic E-state index is -4.65. The fourth-order valence-electron chi connectivity index (χ4n) is 2.24. The fourth-order valence-corrected chi connectivity index (χ4v) is 2.88. The zero-order valence-corrected chi connectivity index (χ0v) is 12.6. The van der Waals surface area contributed by atoms with Crippen LogP contribution in [0.5, 0.6) is 0 Å². The van der Waals surface area contributed by atoms with Gasteiger partial charge < -0.3 is 10.1 Å². The third-order valence-corrected chi connectivity index (χ3v) is 3.80. The van der Waals surface area contributed by atoms with Gasteiger partial charge in [0.1, 0.15) is 10.8 Å². The minimum absolute atomic E-state index is 0.104. The molecule has 0 aliphatic carbocycles. The Balaban J connectivity index is 2.56. The SMILES string of the molecule is C[C@]1(c2cc(Br)ccc2F)NC(=S)CO[C@@H]1C(F)(F)F. The second-order valence-corrected chi connectivity index (χ2v) is 6.02. The van der Waals surface area contributed by atoms with Crippen LogP contribution in [0.2, 0.25) is 0 Å². The van der Waals surface area contributed by atoms with Crippen LogP contribution >= 0.6 is 28.1 Å². The van der Waals surface area contributed by atoms with Gasteiger partial charge in [-0.05, 0) is 25.1 Å². The summed E-state index contributed by atoms with van der Waals surface area (Å²) in [4.78, 5) is 0.104. The molecule has 2 nitrogen and oxygen atoms in total. The number of alkyl halides is 3. The quantitative estimate of drug-likeness (QED) is 0.600. The molecule has 1 fully saturated rings. The molecular weight excluding hydrogens is 362 g/mol. The molecule has 0 amide bonds. The van der Waals surface area contributed by atoms with Gasteiger partial charge in [0.25, 0.3) is 0 Å². The van der Waals surface area contributed by atoms with Crippen LogP contribution in [0.25, 0.3) is 0 Å². The maximum absolute atomic E-state index is 14.0. The number of rotatable bonds is 1. The smallest absolute Gasteiger partial charge is 0.365 e. The van der Waals surface area contributed by atoms with Crippen LogP contribution in [0.3, 0.4) is 0 Å². The lowest BCUT2D eigenvalue weighted by Gasteiger charge is -2.43. The highest BCUT2D eigenvalue weighted by atomic mass is 79.9. The molecule has 0 radical (unpaired) electrons. The van der Waals surface area contributed by atoms with E-state index in [1.807, 2.05) is 0 Å². The van der Waals surface area contributed by atoms with E-state index in [9.17, 15) is 17.6 Å². The van der Waals surface area contributed by atoms with Crippen molar-refractivity contribution in [3.8, 4) is 0 Å². The average molecular weight is 372 g/mol. The van der Waals surface area contributed by atoms with Crippen molar-refractivity contribution in [3.05, 3.63) is 34.1 Å². The van der Waals surface area contributed by atoms with E-state index in [2.05, 4.69) is 21.2 Å². The van der Waals surface area contributed by atoms with Crippen LogP contribution in [0.4, 0.5) is 17.6 Å². The number of hydrogen-bond donors (Lipinski definition) is 1. The molecule has 0 saturated carbocycles. The van der Waals surface area contributed by atoms with Crippen LogP contribution in [0, 0.1) is 5.82 Å². The van der Waals surface area contributed by atoms with Gasteiger partial charge in [-0.15, -0.1) is 0 Å². The van der Waals surface area contributed by atoms with Crippen LogP contribution < -0.4 is 5.32 Å². The Kier molecular flexibility index (Phi) is 4.10. The Morgan fingerprint density at radius 2 is 2.10 bits per heavy atom. The second kappa shape index (κ2) is 5.23. The predicted molar refractivity (Wildman–Crippen MR) is 73.0 cm³/mol. The van der Waals surface area contributed by atoms with Crippen LogP contribution in [0.15, 0.2) is 22.7 Å². The van der Waals surface area contributed by atoms with Crippen molar-refractivity contribution in [2.24, 2.45) is 0 Å². The van der Waals surface area contributed by atoms with Gasteiger partial charge in [-0.1, -0.05) is 28.1 Å². The molecule has 0 unspecified atom stereocenters. The third-order valence-electron chi connectivity index (χ3n) is 3.09. The van der Waals surface area contributed by atoms with E-state index in [0.29, 0.717) is 4.47 Å². The van der Waals surface area contributed by atoms with Crippen molar-refractivity contribution >= 4 is 33.1 Å². The molecule has 0 spiro atoms. The molecule has 1 aliphatic heterocycles. The van der Waals surface area contributed by atoms with Crippen LogP contribution in [-0.2, 0) is 10.3 Å². The summed E-state index contributed by atoms with van der Waals surface area (Å²) in [7, 11) is 0. The number of morpholine rings is 1. The summed E-state index contributed by atoms with van der Waals surface area (Å²) in [5.41, 5.74) is -1.97. The van der Waals surface area contributed by atoms with Gasteiger partial charge in [0.2, 0.25) is 0 Å². The lowest BCUT2D eigenvalue weighted by molar-refractivity contribution is -0.243. The summed E-state index contributed by atoms with van der Waals surface area (Å²) in [6.07, 6.45) is -6.84. The minimum Gasteiger partial charge on any atom is -0.365 e. The van der Waals surface area contributed by atoms with Crippen molar-refractivity contribution in [3.63, 3.8) is 0 Å². The Bertz CT molecular complexity index is 551. The third kappa shape index (κ3) is 2.82. The van der Waals surface area contributed by atoms with Crippen molar-refractivity contribution in [2.45, 2.75) is 24.7 Å². The molecule has 1 aliphatic rings. The second-order valence-electron chi connectivity index (χ2n) is 4.61. The topological polar surface area (TPSA) is 21.3 Å². The number of ether oxygens (including phenoxy) is 1. The van der Waals surface area contributed by atoms with Crippen molar-refractivity contribution in [1.29, 1.82) is 0 Å². The molecule has 1 N–H and O–H groups in total. The van der Waals surface area contributed by atoms with E-state index in [1.165, 1.54) is 19.1 Å². The molecule has 8 heteroatoms. The fraction of sp³-hybridized carbons (Fsp3) is 0.417. The zero-order chi connectivity index (χ0) is 15.1. The van der Waals surface area contributed by atoms with E-state index in [4.69, 9.17) is 17.0 Å². The van der Waals surface area contributed by atoms with Gasteiger partial charge in [0.15, 0.2) is 6.10 Å². The van der Waals surface area contributed by atoms with Gasteiger partial charge in [-0.3, -0.25) is 0 Å². The molecule has 1 aromatic carbocycles. The maximum atomic E-state index is 14.0. The Labute approximate surface area is 126 Å². The highest BCUT2D eigenvalue weighted by Gasteiger charge is 2.56. The molecule has 1 saturated heterocycles. The Morgan fingerprint density at radius 1 is 1.45 bits per heavy atom. The highest BCUT2D eigenvalue weighted by molar-refractivity contribution is 9.10. The van der Waals surface area contributed by atoms with E-state index in [-0.39, 0.29) is 17.2 Å². The summed E-state index contributed by atoms with van der Waals surface area (Å²) < 4.78 is 58.7. The van der Waals surface area contributed by atoms with Crippen LogP contribution in [0.1, 0.15) is 12.5 Å². The molecule has 20 heavy (non-hydrogen) atoms. The first-order valence-electron chi connectivity index (χ1n) is 5.59. The van der Waals surface area contributed by atoms with E-state index < -0.39 is 23.6 Å². The number of nitrogens with one attached hydrogen (secondary N) is 1. The highest BCUT2D eigenvalue weighted by Crippen LogP contribution is 2.40. The summed E-state index contributed by atoms with van der Waals surface area (Å²) in [5.74, 6) is -0.759. The Hall–Kier alpha value is -0.730. The standard InChI is InChI=1S/C12H10BrF4NOS/c1-11(7-4-6(13)2-3-8(7)14)10(12(15,16)17)19-5-9(20)18-11/h2-4,10H,5H2,1H3,(H,18,20)/t10-,11+/m0/s1. The summed E-state index contributed by atoms with van der Waals surface area (Å²) >= 11 is 7.99. The van der Waals surface area contributed by atoms with E-state index in [0.717, 1.165) is 6.07 Å². The largest absolute Gasteiger partial charge is 0.417 e. The van der Waals surface area contributed by atoms with Gasteiger partial charge in [0, 0.05) is 10.0 Å². The van der Waals surface area contributed by atoms with Crippen molar-refractivity contribution in [1.82, 2.24) is 5.32 Å². The maximum Gasteiger partial charge on any atom is 0.417 e. The first kappa shape index (κ1) is 15.7. The summed E-state index contributed by atoms with van der Waals surface area (Å²) in [6.45, 7) is 0.881. The Morgan fingerprint density at radius 3 is 2.70 bits per heavy atom. The summed E-state index contributed by atoms with van der Waals surface area (Å²) in [5, 5.41) is 2.56. The van der Waals surface area contributed by atoms with Gasteiger partial charge in [-0.25, -0.2) is 4.39 Å². The van der Waals surface area contributed by atoms with Gasteiger partial charge in [0.05, 0.1) is 12.1 Å². The molecule has 2 rings (SSSR count). The zero-order valence-electron chi connectivity index (χ0n) is 10.2. The normalized spacial score (nSPS) is 27.3. The lowest BCUT2D eigenvalue weighted by atomic mass is 9.84. The predicted octanol–water partition coefficient (Wildman–Crippen LogP) is 3.68. The first-order valence-corrected chi connectivity index (χ1v) is 6.79. The van der Waals surface area contributed by atoms with E-state index in [1.54, 1.807) is 0 Å². The number of thiocarbonyl (C=S) groups is 1. The molecule has 110 valence electrons. The molecule has 1 aromatic rings. The molecule has 1 heterocycles. The molecule has 0 bridgehead atoms. The first-order chi connectivity index (χ1) is 9.14.